The Balaban J connectivity index is 2.23. The van der Waals surface area contributed by atoms with Gasteiger partial charge in [0.15, 0.2) is 0 Å². The Hall–Kier alpha value is -1.84. The minimum absolute atomic E-state index is 0.0181. The van der Waals surface area contributed by atoms with Crippen LogP contribution in [0.1, 0.15) is 60.5 Å². The summed E-state index contributed by atoms with van der Waals surface area (Å²) in [5.41, 5.74) is 1.97. The van der Waals surface area contributed by atoms with Crippen LogP contribution in [-0.4, -0.2) is 26.0 Å². The highest BCUT2D eigenvalue weighted by Gasteiger charge is 2.46. The van der Waals surface area contributed by atoms with Crippen LogP contribution in [0.15, 0.2) is 12.1 Å². The largest absolute Gasteiger partial charge is 0.497 e. The average Bonchev–Trinajstić information content (AvgIpc) is 2.57. The van der Waals surface area contributed by atoms with E-state index in [0.717, 1.165) is 36.8 Å². The van der Waals surface area contributed by atoms with E-state index in [1.807, 2.05) is 13.0 Å². The van der Waals surface area contributed by atoms with Gasteiger partial charge in [0.25, 0.3) is 0 Å². The quantitative estimate of drug-likeness (QED) is 0.784. The molecule has 1 aromatic rings. The highest BCUT2D eigenvalue weighted by molar-refractivity contribution is 5.98. The molecule has 0 saturated heterocycles. The lowest BCUT2D eigenvalue weighted by molar-refractivity contribution is -0.130. The average molecular weight is 316 g/mol. The number of esters is 1. The van der Waals surface area contributed by atoms with Crippen molar-refractivity contribution in [3.05, 3.63) is 28.8 Å². The number of rotatable bonds is 2. The number of hydrogen-bond donors (Lipinski definition) is 0. The molecule has 1 saturated carbocycles. The molecule has 0 amide bonds. The number of benzene rings is 1. The van der Waals surface area contributed by atoms with Crippen molar-refractivity contribution in [3.8, 4) is 5.75 Å². The first-order valence-corrected chi connectivity index (χ1v) is 8.35. The second-order valence-corrected chi connectivity index (χ2v) is 6.89. The third kappa shape index (κ3) is 2.54. The van der Waals surface area contributed by atoms with Gasteiger partial charge in [-0.3, -0.25) is 4.79 Å². The molecule has 0 spiro atoms. The second-order valence-electron chi connectivity index (χ2n) is 6.89. The fourth-order valence-corrected chi connectivity index (χ4v) is 4.23. The van der Waals surface area contributed by atoms with Crippen molar-refractivity contribution in [3.63, 3.8) is 0 Å². The van der Waals surface area contributed by atoms with E-state index in [4.69, 9.17) is 9.47 Å². The first kappa shape index (κ1) is 16.0. The summed E-state index contributed by atoms with van der Waals surface area (Å²) in [6.45, 7) is 2.03. The van der Waals surface area contributed by atoms with E-state index in [1.54, 1.807) is 13.2 Å². The number of ketones is 1. The molecule has 2 aliphatic rings. The molecule has 2 atom stereocenters. The van der Waals surface area contributed by atoms with Crippen LogP contribution in [-0.2, 0) is 21.4 Å². The lowest BCUT2D eigenvalue weighted by Crippen LogP contribution is -2.44. The molecule has 2 bridgehead atoms. The third-order valence-electron chi connectivity index (χ3n) is 5.55. The Morgan fingerprint density at radius 1 is 1.22 bits per heavy atom. The van der Waals surface area contributed by atoms with Gasteiger partial charge >= 0.3 is 5.97 Å². The van der Waals surface area contributed by atoms with Crippen LogP contribution in [0, 0.1) is 5.92 Å². The maximum Gasteiger partial charge on any atom is 0.338 e. The molecule has 0 aliphatic heterocycles. The van der Waals surface area contributed by atoms with Gasteiger partial charge in [-0.25, -0.2) is 4.79 Å². The first-order chi connectivity index (χ1) is 11.0. The summed E-state index contributed by atoms with van der Waals surface area (Å²) in [4.78, 5) is 25.3. The highest BCUT2D eigenvalue weighted by Crippen LogP contribution is 2.46. The standard InChI is InChI=1S/C19H24O4/c1-19-8-6-4-5-7-12(17(19)20)9-14-15(18(21)23-3)10-13(22-2)11-16(14)19/h10-12H,4-9H2,1-3H3. The molecule has 124 valence electrons. The number of methoxy groups -OCH3 is 2. The minimum Gasteiger partial charge on any atom is -0.497 e. The minimum atomic E-state index is -0.518. The second kappa shape index (κ2) is 5.99. The van der Waals surface area contributed by atoms with Crippen LogP contribution in [0.2, 0.25) is 0 Å². The number of carbonyl (C=O) groups excluding carboxylic acids is 2. The Morgan fingerprint density at radius 3 is 2.70 bits per heavy atom. The van der Waals surface area contributed by atoms with Crippen LogP contribution in [0.4, 0.5) is 0 Å². The van der Waals surface area contributed by atoms with Crippen molar-refractivity contribution in [2.45, 2.75) is 50.9 Å². The monoisotopic (exact) mass is 316 g/mol. The van der Waals surface area contributed by atoms with Crippen LogP contribution in [0.25, 0.3) is 0 Å². The SMILES string of the molecule is COC(=O)c1cc(OC)cc2c1CC1CCCCCC2(C)C1=O. The lowest BCUT2D eigenvalue weighted by atomic mass is 9.61. The van der Waals surface area contributed by atoms with Gasteiger partial charge in [0.05, 0.1) is 25.2 Å². The summed E-state index contributed by atoms with van der Waals surface area (Å²) >= 11 is 0. The van der Waals surface area contributed by atoms with E-state index < -0.39 is 5.41 Å². The summed E-state index contributed by atoms with van der Waals surface area (Å²) in [7, 11) is 2.97. The Morgan fingerprint density at radius 2 is 2.00 bits per heavy atom. The molecule has 0 heterocycles. The fourth-order valence-electron chi connectivity index (χ4n) is 4.23. The van der Waals surface area contributed by atoms with E-state index in [-0.39, 0.29) is 11.9 Å². The van der Waals surface area contributed by atoms with Gasteiger partial charge in [-0.15, -0.1) is 0 Å². The van der Waals surface area contributed by atoms with Crippen LogP contribution >= 0.6 is 0 Å². The smallest absolute Gasteiger partial charge is 0.338 e. The Labute approximate surface area is 137 Å². The number of carbonyl (C=O) groups is 2. The first-order valence-electron chi connectivity index (χ1n) is 8.35. The normalized spacial score (nSPS) is 26.7. The number of ether oxygens (including phenoxy) is 2. The highest BCUT2D eigenvalue weighted by atomic mass is 16.5. The van der Waals surface area contributed by atoms with Gasteiger partial charge in [0.1, 0.15) is 11.5 Å². The van der Waals surface area contributed by atoms with Gasteiger partial charge in [-0.2, -0.15) is 0 Å². The molecule has 0 radical (unpaired) electrons. The zero-order valence-electron chi connectivity index (χ0n) is 14.1. The summed E-state index contributed by atoms with van der Waals surface area (Å²) in [5, 5.41) is 0. The fraction of sp³-hybridized carbons (Fsp3) is 0.579. The van der Waals surface area contributed by atoms with Gasteiger partial charge in [-0.05, 0) is 49.4 Å². The molecule has 0 N–H and O–H groups in total. The maximum absolute atomic E-state index is 13.1. The topological polar surface area (TPSA) is 52.6 Å². The van der Waals surface area contributed by atoms with Crippen LogP contribution in [0.5, 0.6) is 5.75 Å². The molecule has 4 nitrogen and oxygen atoms in total. The van der Waals surface area contributed by atoms with Crippen molar-refractivity contribution in [2.24, 2.45) is 5.92 Å². The molecule has 1 fully saturated rings. The predicted molar refractivity (Wildman–Crippen MR) is 87.0 cm³/mol. The maximum atomic E-state index is 13.1. The van der Waals surface area contributed by atoms with Gasteiger partial charge < -0.3 is 9.47 Å². The predicted octanol–water partition coefficient (Wildman–Crippen LogP) is 3.45. The molecule has 1 aromatic carbocycles. The molecule has 3 rings (SSSR count). The molecular formula is C19H24O4. The van der Waals surface area contributed by atoms with E-state index >= 15 is 0 Å². The van der Waals surface area contributed by atoms with Crippen molar-refractivity contribution in [1.82, 2.24) is 0 Å². The zero-order chi connectivity index (χ0) is 16.6. The van der Waals surface area contributed by atoms with Gasteiger partial charge in [-0.1, -0.05) is 19.3 Å². The molecule has 2 unspecified atom stereocenters. The lowest BCUT2D eigenvalue weighted by Gasteiger charge is -2.41. The molecule has 4 heteroatoms. The van der Waals surface area contributed by atoms with Crippen molar-refractivity contribution in [2.75, 3.05) is 14.2 Å². The van der Waals surface area contributed by atoms with Crippen molar-refractivity contribution < 1.29 is 19.1 Å². The molecule has 2 aliphatic carbocycles. The third-order valence-corrected chi connectivity index (χ3v) is 5.55. The molecule has 0 aromatic heterocycles. The van der Waals surface area contributed by atoms with Crippen LogP contribution in [0.3, 0.4) is 0 Å². The van der Waals surface area contributed by atoms with Crippen molar-refractivity contribution in [1.29, 1.82) is 0 Å². The van der Waals surface area contributed by atoms with Gasteiger partial charge in [0.2, 0.25) is 0 Å². The zero-order valence-corrected chi connectivity index (χ0v) is 14.1. The molecule has 23 heavy (non-hydrogen) atoms. The number of Topliss-reactive ketones (excluding diaryl/α,β-unsaturated/α-hetero) is 1. The molecular weight excluding hydrogens is 292 g/mol. The summed E-state index contributed by atoms with van der Waals surface area (Å²) in [6, 6.07) is 3.68. The van der Waals surface area contributed by atoms with Crippen molar-refractivity contribution >= 4 is 11.8 Å². The summed E-state index contributed by atoms with van der Waals surface area (Å²) < 4.78 is 10.3. The van der Waals surface area contributed by atoms with E-state index in [0.29, 0.717) is 23.5 Å². The Kier molecular flexibility index (Phi) is 4.17. The Bertz CT molecular complexity index is 649. The van der Waals surface area contributed by atoms with Gasteiger partial charge in [0, 0.05) is 5.92 Å². The number of fused-ring (bicyclic) bond motifs is 4. The summed E-state index contributed by atoms with van der Waals surface area (Å²) in [6.07, 6.45) is 5.69. The van der Waals surface area contributed by atoms with Crippen LogP contribution < -0.4 is 4.74 Å². The summed E-state index contributed by atoms with van der Waals surface area (Å²) in [5.74, 6) is 0.602. The number of hydrogen-bond acceptors (Lipinski definition) is 4. The van der Waals surface area contributed by atoms with E-state index in [2.05, 4.69) is 0 Å². The van der Waals surface area contributed by atoms with E-state index in [1.165, 1.54) is 13.5 Å². The van der Waals surface area contributed by atoms with E-state index in [9.17, 15) is 9.59 Å².